The highest BCUT2D eigenvalue weighted by molar-refractivity contribution is 7.39. The van der Waals surface area contributed by atoms with Crippen LogP contribution in [0.3, 0.4) is 0 Å². The normalized spacial score (nSPS) is 50.5. The number of fused-ring (bicyclic) bond motifs is 1. The van der Waals surface area contributed by atoms with Gasteiger partial charge in [-0.15, -0.1) is 0 Å². The molecule has 2 nitrogen and oxygen atoms in total. The van der Waals surface area contributed by atoms with E-state index in [1.54, 1.807) is 0 Å². The lowest BCUT2D eigenvalue weighted by Gasteiger charge is -2.34. The Kier molecular flexibility index (Phi) is 2.14. The molecule has 0 radical (unpaired) electrons. The fourth-order valence-corrected chi connectivity index (χ4v) is 4.14. The van der Waals surface area contributed by atoms with Gasteiger partial charge in [0.15, 0.2) is 0 Å². The van der Waals surface area contributed by atoms with E-state index in [0.29, 0.717) is 0 Å². The van der Waals surface area contributed by atoms with Crippen molar-refractivity contribution < 1.29 is 0 Å². The quantitative estimate of drug-likeness (QED) is 0.500. The maximum absolute atomic E-state index is 4.74. The second kappa shape index (κ2) is 3.33. The van der Waals surface area contributed by atoms with Gasteiger partial charge in [0.25, 0.3) is 0 Å². The molecule has 2 fully saturated rings. The minimum atomic E-state index is 0.726. The van der Waals surface area contributed by atoms with Gasteiger partial charge in [-0.25, -0.2) is 0 Å². The van der Waals surface area contributed by atoms with Crippen LogP contribution in [0.15, 0.2) is 4.99 Å². The summed E-state index contributed by atoms with van der Waals surface area (Å²) >= 11 is 0. The minimum Gasteiger partial charge on any atom is -0.310 e. The summed E-state index contributed by atoms with van der Waals surface area (Å²) in [6.07, 6.45) is 8.01. The van der Waals surface area contributed by atoms with E-state index in [1.807, 2.05) is 0 Å². The van der Waals surface area contributed by atoms with Crippen LogP contribution >= 0.6 is 8.58 Å². The van der Waals surface area contributed by atoms with E-state index in [9.17, 15) is 0 Å². The molecule has 3 aliphatic rings. The number of hydrogen-bond acceptors (Lipinski definition) is 2. The van der Waals surface area contributed by atoms with Gasteiger partial charge in [-0.05, 0) is 31.3 Å². The Morgan fingerprint density at radius 1 is 1.46 bits per heavy atom. The minimum absolute atomic E-state index is 0.726. The molecule has 13 heavy (non-hydrogen) atoms. The molecule has 1 N–H and O–H groups in total. The number of rotatable bonds is 1. The molecule has 0 saturated carbocycles. The average molecular weight is 196 g/mol. The summed E-state index contributed by atoms with van der Waals surface area (Å²) in [5.74, 6) is 2.43. The van der Waals surface area contributed by atoms with Crippen molar-refractivity contribution in [3.63, 3.8) is 0 Å². The van der Waals surface area contributed by atoms with Crippen molar-refractivity contribution in [3.8, 4) is 0 Å². The Hall–Kier alpha value is 0.0600. The highest BCUT2D eigenvalue weighted by Gasteiger charge is 2.36. The van der Waals surface area contributed by atoms with Crippen LogP contribution in [-0.2, 0) is 0 Å². The molecular formula is C10H17N2P. The fourth-order valence-electron chi connectivity index (χ4n) is 2.61. The average Bonchev–Trinajstić information content (AvgIpc) is 3.00. The van der Waals surface area contributed by atoms with E-state index in [4.69, 9.17) is 4.99 Å². The molecule has 0 aromatic heterocycles. The van der Waals surface area contributed by atoms with Gasteiger partial charge in [0.2, 0.25) is 0 Å². The van der Waals surface area contributed by atoms with Gasteiger partial charge in [0.05, 0.1) is 5.78 Å². The summed E-state index contributed by atoms with van der Waals surface area (Å²) in [5, 5.41) is 3.41. The van der Waals surface area contributed by atoms with E-state index in [2.05, 4.69) is 11.5 Å². The highest BCUT2D eigenvalue weighted by Crippen LogP contribution is 2.42. The van der Waals surface area contributed by atoms with E-state index in [-0.39, 0.29) is 0 Å². The predicted molar refractivity (Wildman–Crippen MR) is 58.1 cm³/mol. The molecule has 4 unspecified atom stereocenters. The summed E-state index contributed by atoms with van der Waals surface area (Å²) in [6.45, 7) is 1.23. The first kappa shape index (κ1) is 8.38. The van der Waals surface area contributed by atoms with Gasteiger partial charge in [-0.3, -0.25) is 4.99 Å². The zero-order valence-electron chi connectivity index (χ0n) is 7.87. The Bertz CT molecular complexity index is 225. The van der Waals surface area contributed by atoms with Crippen LogP contribution in [0.5, 0.6) is 0 Å². The zero-order valence-corrected chi connectivity index (χ0v) is 8.87. The molecule has 3 heterocycles. The third-order valence-corrected chi connectivity index (χ3v) is 5.20. The first-order chi connectivity index (χ1) is 6.43. The van der Waals surface area contributed by atoms with Crippen LogP contribution in [0.2, 0.25) is 0 Å². The molecule has 3 aliphatic heterocycles. The first-order valence-corrected chi connectivity index (χ1v) is 6.72. The summed E-state index contributed by atoms with van der Waals surface area (Å²) in [5.41, 5.74) is 0. The Labute approximate surface area is 81.4 Å². The number of aliphatic imine (C=N–C) groups is 1. The van der Waals surface area contributed by atoms with Crippen LogP contribution in [0.1, 0.15) is 19.3 Å². The molecule has 0 amide bonds. The number of nitrogens with zero attached hydrogens (tertiary/aromatic N) is 1. The number of hydrogen-bond donors (Lipinski definition) is 1. The van der Waals surface area contributed by atoms with Crippen molar-refractivity contribution in [2.24, 2.45) is 16.8 Å². The molecule has 0 spiro atoms. The van der Waals surface area contributed by atoms with Gasteiger partial charge >= 0.3 is 0 Å². The molecule has 2 saturated heterocycles. The third-order valence-electron chi connectivity index (χ3n) is 3.52. The van der Waals surface area contributed by atoms with Crippen molar-refractivity contribution in [2.75, 3.05) is 12.7 Å². The molecule has 3 heteroatoms. The third kappa shape index (κ3) is 1.67. The van der Waals surface area contributed by atoms with Crippen molar-refractivity contribution >= 4 is 14.8 Å². The SMILES string of the molecule is C1=NC2PCCCC2C[C@@H]1C1CN1. The Balaban J connectivity index is 1.71. The molecule has 5 atom stereocenters. The first-order valence-electron chi connectivity index (χ1n) is 5.43. The van der Waals surface area contributed by atoms with Crippen LogP contribution < -0.4 is 5.32 Å². The molecular weight excluding hydrogens is 179 g/mol. The molecule has 0 aromatic carbocycles. The lowest BCUT2D eigenvalue weighted by Crippen LogP contribution is -2.30. The van der Waals surface area contributed by atoms with E-state index in [1.165, 1.54) is 32.0 Å². The van der Waals surface area contributed by atoms with E-state index in [0.717, 1.165) is 32.2 Å². The summed E-state index contributed by atoms with van der Waals surface area (Å²) < 4.78 is 0. The highest BCUT2D eigenvalue weighted by atomic mass is 31.1. The zero-order chi connectivity index (χ0) is 8.67. The van der Waals surface area contributed by atoms with Crippen LogP contribution in [0, 0.1) is 11.8 Å². The van der Waals surface area contributed by atoms with Crippen LogP contribution in [-0.4, -0.2) is 30.7 Å². The topological polar surface area (TPSA) is 34.3 Å². The lowest BCUT2D eigenvalue weighted by atomic mass is 9.87. The van der Waals surface area contributed by atoms with Gasteiger partial charge in [0.1, 0.15) is 0 Å². The van der Waals surface area contributed by atoms with Gasteiger partial charge < -0.3 is 5.32 Å². The summed E-state index contributed by atoms with van der Waals surface area (Å²) in [4.78, 5) is 4.74. The molecule has 0 aromatic rings. The Morgan fingerprint density at radius 3 is 3.23 bits per heavy atom. The van der Waals surface area contributed by atoms with Gasteiger partial charge in [-0.2, -0.15) is 0 Å². The van der Waals surface area contributed by atoms with Gasteiger partial charge in [0, 0.05) is 24.7 Å². The summed E-state index contributed by atoms with van der Waals surface area (Å²) in [7, 11) is 1.12. The van der Waals surface area contributed by atoms with Crippen molar-refractivity contribution in [1.29, 1.82) is 0 Å². The number of nitrogens with one attached hydrogen (secondary N) is 1. The molecule has 3 rings (SSSR count). The van der Waals surface area contributed by atoms with Crippen LogP contribution in [0.25, 0.3) is 0 Å². The van der Waals surface area contributed by atoms with Gasteiger partial charge in [-0.1, -0.05) is 8.58 Å². The smallest absolute Gasteiger partial charge is 0.0688 e. The largest absolute Gasteiger partial charge is 0.310 e. The maximum atomic E-state index is 4.74. The predicted octanol–water partition coefficient (Wildman–Crippen LogP) is 1.46. The fraction of sp³-hybridized carbons (Fsp3) is 0.900. The molecule has 72 valence electrons. The van der Waals surface area contributed by atoms with E-state index < -0.39 is 0 Å². The standard InChI is InChI=1S/C10H17N2P/c1-2-7-4-8(9-6-11-9)5-12-10(7)13-3-1/h5,7-11,13H,1-4,6H2/t7?,8-,9?,10?/m0/s1. The second-order valence-electron chi connectivity index (χ2n) is 4.51. The van der Waals surface area contributed by atoms with Crippen molar-refractivity contribution in [2.45, 2.75) is 31.1 Å². The van der Waals surface area contributed by atoms with Crippen molar-refractivity contribution in [3.05, 3.63) is 0 Å². The maximum Gasteiger partial charge on any atom is 0.0688 e. The monoisotopic (exact) mass is 196 g/mol. The van der Waals surface area contributed by atoms with Crippen molar-refractivity contribution in [1.82, 2.24) is 5.32 Å². The molecule has 0 bridgehead atoms. The summed E-state index contributed by atoms with van der Waals surface area (Å²) in [6, 6.07) is 0.787. The molecule has 0 aliphatic carbocycles. The lowest BCUT2D eigenvalue weighted by molar-refractivity contribution is 0.364. The van der Waals surface area contributed by atoms with Crippen LogP contribution in [0.4, 0.5) is 0 Å². The second-order valence-corrected chi connectivity index (χ2v) is 6.01. The Morgan fingerprint density at radius 2 is 2.38 bits per heavy atom. The van der Waals surface area contributed by atoms with E-state index >= 15 is 0 Å².